The topological polar surface area (TPSA) is 69.6 Å². The highest BCUT2D eigenvalue weighted by Gasteiger charge is 2.17. The molecule has 2 aromatic carbocycles. The summed E-state index contributed by atoms with van der Waals surface area (Å²) in [7, 11) is 0. The zero-order valence-corrected chi connectivity index (χ0v) is 10.1. The molecule has 0 aliphatic carbocycles. The first kappa shape index (κ1) is 12.9. The van der Waals surface area contributed by atoms with Crippen LogP contribution < -0.4 is 5.32 Å². The summed E-state index contributed by atoms with van der Waals surface area (Å²) < 4.78 is 13.5. The maximum absolute atomic E-state index is 13.5. The Morgan fingerprint density at radius 3 is 2.58 bits per heavy atom. The Morgan fingerprint density at radius 1 is 1.21 bits per heavy atom. The van der Waals surface area contributed by atoms with E-state index in [1.54, 1.807) is 6.92 Å². The molecule has 0 radical (unpaired) electrons. The van der Waals surface area contributed by atoms with Crippen LogP contribution in [0.25, 0.3) is 0 Å². The number of aromatic hydroxyl groups is 2. The highest BCUT2D eigenvalue weighted by atomic mass is 19.1. The molecule has 5 heteroatoms. The van der Waals surface area contributed by atoms with Gasteiger partial charge in [0, 0.05) is 5.69 Å². The van der Waals surface area contributed by atoms with Gasteiger partial charge in [0.25, 0.3) is 5.91 Å². The molecule has 4 nitrogen and oxygen atoms in total. The quantitative estimate of drug-likeness (QED) is 0.728. The first-order chi connectivity index (χ1) is 8.99. The zero-order chi connectivity index (χ0) is 14.0. The lowest BCUT2D eigenvalue weighted by atomic mass is 10.1. The number of carbonyl (C=O) groups excluding carboxylic acids is 1. The normalized spacial score (nSPS) is 10.2. The highest BCUT2D eigenvalue weighted by Crippen LogP contribution is 2.24. The first-order valence-corrected chi connectivity index (χ1v) is 5.57. The molecule has 0 aliphatic rings. The number of benzene rings is 2. The second-order valence-corrected chi connectivity index (χ2v) is 4.09. The van der Waals surface area contributed by atoms with Crippen LogP contribution in [0, 0.1) is 12.7 Å². The minimum atomic E-state index is -0.797. The van der Waals surface area contributed by atoms with Crippen LogP contribution in [-0.2, 0) is 0 Å². The predicted octanol–water partition coefficient (Wildman–Crippen LogP) is 2.80. The van der Waals surface area contributed by atoms with E-state index >= 15 is 0 Å². The van der Waals surface area contributed by atoms with Crippen molar-refractivity contribution in [3.8, 4) is 11.5 Å². The van der Waals surface area contributed by atoms with Crippen molar-refractivity contribution in [3.63, 3.8) is 0 Å². The zero-order valence-electron chi connectivity index (χ0n) is 10.1. The number of halogens is 1. The minimum Gasteiger partial charge on any atom is -0.508 e. The summed E-state index contributed by atoms with van der Waals surface area (Å²) in [5.41, 5.74) is 0.657. The summed E-state index contributed by atoms with van der Waals surface area (Å²) in [6.45, 7) is 1.69. The number of phenols is 2. The van der Waals surface area contributed by atoms with Crippen molar-refractivity contribution in [2.24, 2.45) is 0 Å². The highest BCUT2D eigenvalue weighted by molar-refractivity contribution is 6.06. The van der Waals surface area contributed by atoms with Gasteiger partial charge in [-0.2, -0.15) is 0 Å². The fraction of sp³-hybridized carbons (Fsp3) is 0.0714. The minimum absolute atomic E-state index is 0.0734. The van der Waals surface area contributed by atoms with Gasteiger partial charge in [0.2, 0.25) is 0 Å². The summed E-state index contributed by atoms with van der Waals surface area (Å²) in [5, 5.41) is 21.3. The van der Waals surface area contributed by atoms with Crippen molar-refractivity contribution in [1.82, 2.24) is 0 Å². The second-order valence-electron chi connectivity index (χ2n) is 4.09. The van der Waals surface area contributed by atoms with E-state index in [9.17, 15) is 19.4 Å². The lowest BCUT2D eigenvalue weighted by Gasteiger charge is -2.10. The van der Waals surface area contributed by atoms with Crippen molar-refractivity contribution in [2.75, 3.05) is 5.32 Å². The molecule has 0 heterocycles. The molecule has 0 unspecified atom stereocenters. The monoisotopic (exact) mass is 261 g/mol. The predicted molar refractivity (Wildman–Crippen MR) is 68.9 cm³/mol. The average molecular weight is 261 g/mol. The molecule has 0 saturated heterocycles. The number of carbonyl (C=O) groups is 1. The van der Waals surface area contributed by atoms with E-state index < -0.39 is 23.0 Å². The number of nitrogens with one attached hydrogen (secondary N) is 1. The van der Waals surface area contributed by atoms with E-state index in [0.29, 0.717) is 11.3 Å². The van der Waals surface area contributed by atoms with Gasteiger partial charge >= 0.3 is 0 Å². The van der Waals surface area contributed by atoms with Gasteiger partial charge in [-0.1, -0.05) is 6.07 Å². The Hall–Kier alpha value is -2.56. The van der Waals surface area contributed by atoms with Gasteiger partial charge in [-0.25, -0.2) is 4.39 Å². The Labute approximate surface area is 109 Å². The molecule has 0 fully saturated rings. The van der Waals surface area contributed by atoms with Crippen molar-refractivity contribution in [1.29, 1.82) is 0 Å². The smallest absolute Gasteiger partial charge is 0.262 e. The summed E-state index contributed by atoms with van der Waals surface area (Å²) in [6, 6.07) is 8.02. The van der Waals surface area contributed by atoms with Crippen molar-refractivity contribution in [3.05, 3.63) is 53.3 Å². The van der Waals surface area contributed by atoms with Crippen LogP contribution in [-0.4, -0.2) is 16.1 Å². The molecule has 0 aromatic heterocycles. The average Bonchev–Trinajstić information content (AvgIpc) is 2.32. The fourth-order valence-corrected chi connectivity index (χ4v) is 1.71. The molecule has 3 N–H and O–H groups in total. The van der Waals surface area contributed by atoms with Gasteiger partial charge in [0.1, 0.15) is 22.9 Å². The molecule has 0 bridgehead atoms. The molecule has 1 amide bonds. The van der Waals surface area contributed by atoms with Gasteiger partial charge in [-0.15, -0.1) is 0 Å². The Kier molecular flexibility index (Phi) is 3.37. The van der Waals surface area contributed by atoms with E-state index in [0.717, 1.165) is 6.07 Å². The third-order valence-corrected chi connectivity index (χ3v) is 2.68. The van der Waals surface area contributed by atoms with Gasteiger partial charge in [0.15, 0.2) is 0 Å². The summed E-state index contributed by atoms with van der Waals surface area (Å²) in [6.07, 6.45) is 0. The van der Waals surface area contributed by atoms with Crippen LogP contribution in [0.4, 0.5) is 10.1 Å². The second kappa shape index (κ2) is 4.97. The maximum Gasteiger partial charge on any atom is 0.262 e. The van der Waals surface area contributed by atoms with Crippen molar-refractivity contribution >= 4 is 11.6 Å². The van der Waals surface area contributed by atoms with E-state index in [4.69, 9.17) is 0 Å². The van der Waals surface area contributed by atoms with Crippen LogP contribution in [0.15, 0.2) is 36.4 Å². The van der Waals surface area contributed by atoms with Crippen molar-refractivity contribution < 1.29 is 19.4 Å². The van der Waals surface area contributed by atoms with Crippen LogP contribution in [0.2, 0.25) is 0 Å². The number of phenolic OH excluding ortho intramolecular Hbond substituents is 2. The van der Waals surface area contributed by atoms with E-state index in [2.05, 4.69) is 5.32 Å². The lowest BCUT2D eigenvalue weighted by Crippen LogP contribution is -2.14. The SMILES string of the molecule is Cc1cc(O)ccc1NC(=O)c1c(O)cccc1F. The molecule has 0 spiro atoms. The van der Waals surface area contributed by atoms with Gasteiger partial charge in [-0.3, -0.25) is 4.79 Å². The Bertz CT molecular complexity index is 620. The van der Waals surface area contributed by atoms with Crippen LogP contribution in [0.3, 0.4) is 0 Å². The van der Waals surface area contributed by atoms with E-state index in [1.807, 2.05) is 0 Å². The fourth-order valence-electron chi connectivity index (χ4n) is 1.71. The van der Waals surface area contributed by atoms with Crippen LogP contribution in [0.5, 0.6) is 11.5 Å². The first-order valence-electron chi connectivity index (χ1n) is 5.57. The molecular formula is C14H12FNO3. The number of amides is 1. The molecule has 0 saturated carbocycles. The largest absolute Gasteiger partial charge is 0.508 e. The Balaban J connectivity index is 2.31. The summed E-state index contributed by atoms with van der Waals surface area (Å²) in [5.74, 6) is -1.89. The number of aryl methyl sites for hydroxylation is 1. The lowest BCUT2D eigenvalue weighted by molar-refractivity contribution is 0.102. The van der Waals surface area contributed by atoms with Crippen LogP contribution in [0.1, 0.15) is 15.9 Å². The number of rotatable bonds is 2. The number of hydrogen-bond acceptors (Lipinski definition) is 3. The number of hydrogen-bond donors (Lipinski definition) is 3. The third kappa shape index (κ3) is 2.65. The summed E-state index contributed by atoms with van der Waals surface area (Å²) in [4.78, 5) is 11.9. The standard InChI is InChI=1S/C14H12FNO3/c1-8-7-9(17)5-6-11(8)16-14(19)13-10(15)3-2-4-12(13)18/h2-7,17-18H,1H3,(H,16,19). The van der Waals surface area contributed by atoms with Crippen molar-refractivity contribution in [2.45, 2.75) is 6.92 Å². The molecular weight excluding hydrogens is 249 g/mol. The molecule has 0 aliphatic heterocycles. The molecule has 0 atom stereocenters. The maximum atomic E-state index is 13.5. The molecule has 98 valence electrons. The number of anilines is 1. The molecule has 2 rings (SSSR count). The Morgan fingerprint density at radius 2 is 1.95 bits per heavy atom. The van der Waals surface area contributed by atoms with Gasteiger partial charge < -0.3 is 15.5 Å². The summed E-state index contributed by atoms with van der Waals surface area (Å²) >= 11 is 0. The van der Waals surface area contributed by atoms with E-state index in [1.165, 1.54) is 30.3 Å². The van der Waals surface area contributed by atoms with Crippen LogP contribution >= 0.6 is 0 Å². The van der Waals surface area contributed by atoms with Gasteiger partial charge in [0.05, 0.1) is 0 Å². The van der Waals surface area contributed by atoms with Gasteiger partial charge in [-0.05, 0) is 42.8 Å². The van der Waals surface area contributed by atoms with E-state index in [-0.39, 0.29) is 5.75 Å². The third-order valence-electron chi connectivity index (χ3n) is 2.68. The molecule has 19 heavy (non-hydrogen) atoms. The molecule has 2 aromatic rings.